The summed E-state index contributed by atoms with van der Waals surface area (Å²) in [6.45, 7) is 1.48. The second-order valence-corrected chi connectivity index (χ2v) is 7.34. The Bertz CT molecular complexity index is 596. The molecule has 2 fully saturated rings. The quantitative estimate of drug-likeness (QED) is 0.848. The molecule has 0 aromatic heterocycles. The van der Waals surface area contributed by atoms with E-state index in [0.717, 1.165) is 25.1 Å². The predicted octanol–water partition coefficient (Wildman–Crippen LogP) is 3.38. The minimum absolute atomic E-state index is 0. The van der Waals surface area contributed by atoms with Crippen LogP contribution in [0.2, 0.25) is 0 Å². The third kappa shape index (κ3) is 3.34. The first-order valence-corrected chi connectivity index (χ1v) is 9.17. The van der Waals surface area contributed by atoms with Crippen LogP contribution in [0, 0.1) is 0 Å². The topological polar surface area (TPSA) is 49.6 Å². The number of carbonyl (C=O) groups is 1. The molecule has 0 saturated heterocycles. The van der Waals surface area contributed by atoms with Crippen molar-refractivity contribution in [2.75, 3.05) is 23.7 Å². The first-order valence-electron chi connectivity index (χ1n) is 9.17. The van der Waals surface area contributed by atoms with Crippen molar-refractivity contribution in [3.05, 3.63) is 23.8 Å². The molecule has 1 aliphatic heterocycles. The zero-order chi connectivity index (χ0) is 15.8. The molecular formula is C19H28ClN3O. The van der Waals surface area contributed by atoms with Crippen LogP contribution >= 0.6 is 12.4 Å². The maximum absolute atomic E-state index is 13.0. The third-order valence-electron chi connectivity index (χ3n) is 5.66. The van der Waals surface area contributed by atoms with Crippen LogP contribution in [0.1, 0.15) is 50.5 Å². The summed E-state index contributed by atoms with van der Waals surface area (Å²) in [5.41, 5.74) is 9.40. The van der Waals surface area contributed by atoms with Crippen molar-refractivity contribution in [1.82, 2.24) is 4.90 Å². The zero-order valence-corrected chi connectivity index (χ0v) is 15.1. The average Bonchev–Trinajstić information content (AvgIpc) is 3.22. The summed E-state index contributed by atoms with van der Waals surface area (Å²) >= 11 is 0. The van der Waals surface area contributed by atoms with Gasteiger partial charge in [-0.3, -0.25) is 4.79 Å². The predicted molar refractivity (Wildman–Crippen MR) is 101 cm³/mol. The van der Waals surface area contributed by atoms with Gasteiger partial charge in [-0.25, -0.2) is 0 Å². The van der Waals surface area contributed by atoms with Gasteiger partial charge in [0, 0.05) is 30.0 Å². The first kappa shape index (κ1) is 17.4. The molecule has 1 amide bonds. The van der Waals surface area contributed by atoms with Gasteiger partial charge in [-0.2, -0.15) is 0 Å². The first-order chi connectivity index (χ1) is 11.2. The van der Waals surface area contributed by atoms with Crippen molar-refractivity contribution in [1.29, 1.82) is 0 Å². The maximum Gasteiger partial charge on any atom is 0.242 e. The van der Waals surface area contributed by atoms with E-state index in [-0.39, 0.29) is 12.4 Å². The van der Waals surface area contributed by atoms with Gasteiger partial charge in [0.1, 0.15) is 0 Å². The zero-order valence-electron chi connectivity index (χ0n) is 14.2. The number of hydrogen-bond acceptors (Lipinski definition) is 3. The smallest absolute Gasteiger partial charge is 0.242 e. The number of amides is 1. The van der Waals surface area contributed by atoms with Crippen LogP contribution in [-0.4, -0.2) is 36.0 Å². The minimum atomic E-state index is 0. The highest BCUT2D eigenvalue weighted by atomic mass is 35.5. The Hall–Kier alpha value is -1.42. The fraction of sp³-hybridized carbons (Fsp3) is 0.632. The number of fused-ring (bicyclic) bond motifs is 1. The molecule has 2 saturated carbocycles. The van der Waals surface area contributed by atoms with Crippen molar-refractivity contribution in [3.8, 4) is 0 Å². The summed E-state index contributed by atoms with van der Waals surface area (Å²) in [6.07, 6.45) is 9.48. The van der Waals surface area contributed by atoms with Gasteiger partial charge in [0.05, 0.1) is 6.54 Å². The molecule has 4 nitrogen and oxygen atoms in total. The van der Waals surface area contributed by atoms with Gasteiger partial charge in [-0.15, -0.1) is 12.4 Å². The molecule has 1 aromatic rings. The number of rotatable bonds is 4. The molecular weight excluding hydrogens is 322 g/mol. The molecule has 24 heavy (non-hydrogen) atoms. The maximum atomic E-state index is 13.0. The van der Waals surface area contributed by atoms with E-state index in [0.29, 0.717) is 24.5 Å². The Morgan fingerprint density at radius 2 is 1.83 bits per heavy atom. The minimum Gasteiger partial charge on any atom is -0.398 e. The average molecular weight is 350 g/mol. The lowest BCUT2D eigenvalue weighted by atomic mass is 10.00. The van der Waals surface area contributed by atoms with Gasteiger partial charge in [0.15, 0.2) is 0 Å². The molecule has 0 atom stereocenters. The summed E-state index contributed by atoms with van der Waals surface area (Å²) in [5.74, 6) is 0.328. The van der Waals surface area contributed by atoms with Crippen molar-refractivity contribution in [2.45, 2.75) is 63.5 Å². The molecule has 0 radical (unpaired) electrons. The van der Waals surface area contributed by atoms with Crippen LogP contribution in [0.25, 0.3) is 0 Å². The van der Waals surface area contributed by atoms with E-state index >= 15 is 0 Å². The van der Waals surface area contributed by atoms with Crippen LogP contribution < -0.4 is 10.6 Å². The number of nitrogens with zero attached hydrogens (tertiary/aromatic N) is 2. The Morgan fingerprint density at radius 1 is 1.12 bits per heavy atom. The molecule has 1 heterocycles. The van der Waals surface area contributed by atoms with Crippen molar-refractivity contribution < 1.29 is 4.79 Å². The summed E-state index contributed by atoms with van der Waals surface area (Å²) in [5, 5.41) is 0. The van der Waals surface area contributed by atoms with E-state index in [1.54, 1.807) is 0 Å². The lowest BCUT2D eigenvalue weighted by molar-refractivity contribution is -0.132. The van der Waals surface area contributed by atoms with E-state index in [9.17, 15) is 4.79 Å². The highest BCUT2D eigenvalue weighted by molar-refractivity contribution is 5.85. The summed E-state index contributed by atoms with van der Waals surface area (Å²) < 4.78 is 0. The van der Waals surface area contributed by atoms with Crippen molar-refractivity contribution >= 4 is 29.7 Å². The Morgan fingerprint density at radius 3 is 2.54 bits per heavy atom. The summed E-state index contributed by atoms with van der Waals surface area (Å²) in [7, 11) is 0. The third-order valence-corrected chi connectivity index (χ3v) is 5.66. The van der Waals surface area contributed by atoms with E-state index in [2.05, 4.69) is 15.9 Å². The normalized spacial score (nSPS) is 20.4. The van der Waals surface area contributed by atoms with Crippen LogP contribution in [-0.2, 0) is 11.2 Å². The number of anilines is 2. The number of benzene rings is 1. The van der Waals surface area contributed by atoms with E-state index in [1.807, 2.05) is 12.1 Å². The van der Waals surface area contributed by atoms with Crippen LogP contribution in [0.3, 0.4) is 0 Å². The highest BCUT2D eigenvalue weighted by Crippen LogP contribution is 2.36. The van der Waals surface area contributed by atoms with Gasteiger partial charge >= 0.3 is 0 Å². The SMILES string of the molecule is Cl.Nc1cccc2c1CCCN2CC(=O)N(C1CCCC1)C1CC1. The van der Waals surface area contributed by atoms with Gasteiger partial charge < -0.3 is 15.5 Å². The van der Waals surface area contributed by atoms with Crippen molar-refractivity contribution in [3.63, 3.8) is 0 Å². The fourth-order valence-electron chi connectivity index (χ4n) is 4.38. The second-order valence-electron chi connectivity index (χ2n) is 7.34. The summed E-state index contributed by atoms with van der Waals surface area (Å²) in [6, 6.07) is 7.12. The largest absolute Gasteiger partial charge is 0.398 e. The van der Waals surface area contributed by atoms with Gasteiger partial charge in [-0.05, 0) is 56.2 Å². The lowest BCUT2D eigenvalue weighted by Gasteiger charge is -2.35. The van der Waals surface area contributed by atoms with E-state index < -0.39 is 0 Å². The number of nitrogens with two attached hydrogens (primary N) is 1. The lowest BCUT2D eigenvalue weighted by Crippen LogP contribution is -2.47. The Labute approximate surface area is 150 Å². The molecule has 2 aliphatic carbocycles. The molecule has 3 aliphatic rings. The second kappa shape index (κ2) is 7.22. The number of carbonyl (C=O) groups excluding carboxylic acids is 1. The van der Waals surface area contributed by atoms with E-state index in [4.69, 9.17) is 5.73 Å². The van der Waals surface area contributed by atoms with Crippen LogP contribution in [0.4, 0.5) is 11.4 Å². The molecule has 2 N–H and O–H groups in total. The fourth-order valence-corrected chi connectivity index (χ4v) is 4.38. The number of hydrogen-bond donors (Lipinski definition) is 1. The van der Waals surface area contributed by atoms with Gasteiger partial charge in [0.25, 0.3) is 0 Å². The standard InChI is InChI=1S/C19H27N3O.ClH/c20-17-8-3-9-18-16(17)7-4-12-21(18)13-19(23)22(15-10-11-15)14-5-1-2-6-14;/h3,8-9,14-15H,1-2,4-7,10-13,20H2;1H. The molecule has 0 spiro atoms. The van der Waals surface area contributed by atoms with Crippen LogP contribution in [0.5, 0.6) is 0 Å². The molecule has 0 bridgehead atoms. The number of nitrogen functional groups attached to an aromatic ring is 1. The van der Waals surface area contributed by atoms with Crippen LogP contribution in [0.15, 0.2) is 18.2 Å². The van der Waals surface area contributed by atoms with Gasteiger partial charge in [-0.1, -0.05) is 18.9 Å². The monoisotopic (exact) mass is 349 g/mol. The molecule has 132 valence electrons. The van der Waals surface area contributed by atoms with E-state index in [1.165, 1.54) is 49.8 Å². The number of halogens is 1. The molecule has 5 heteroatoms. The molecule has 0 unspecified atom stereocenters. The Kier molecular flexibility index (Phi) is 5.24. The summed E-state index contributed by atoms with van der Waals surface area (Å²) in [4.78, 5) is 17.5. The highest BCUT2D eigenvalue weighted by Gasteiger charge is 2.38. The Balaban J connectivity index is 0.00000169. The van der Waals surface area contributed by atoms with Gasteiger partial charge in [0.2, 0.25) is 5.91 Å². The molecule has 4 rings (SSSR count). The van der Waals surface area contributed by atoms with Crippen molar-refractivity contribution in [2.24, 2.45) is 0 Å². The molecule has 1 aromatic carbocycles.